The van der Waals surface area contributed by atoms with Gasteiger partial charge in [-0.1, -0.05) is 60.7 Å². The number of fused-ring (bicyclic) bond motifs is 1. The number of benzene rings is 2. The third-order valence-electron chi connectivity index (χ3n) is 8.44. The Morgan fingerprint density at radius 2 is 1.93 bits per heavy atom. The fraction of sp³-hybridized carbons (Fsp3) is 0.333. The number of carbonyl (C=O) groups is 1. The fourth-order valence-corrected chi connectivity index (χ4v) is 6.12. The molecule has 42 heavy (non-hydrogen) atoms. The summed E-state index contributed by atoms with van der Waals surface area (Å²) >= 11 is 0. The summed E-state index contributed by atoms with van der Waals surface area (Å²) in [6.45, 7) is 3.33. The SMILES string of the molecule is CN(C/C=C/C(=O)N1CC[C@@H](n2c(C#N)c(-c3ccc(Cc4ccccc4)cc3)c3c(N)ncnc32)C1)[C@@H]1CCOC1. The van der Waals surface area contributed by atoms with Gasteiger partial charge in [0, 0.05) is 43.9 Å². The first-order chi connectivity index (χ1) is 20.5. The van der Waals surface area contributed by atoms with Crippen molar-refractivity contribution in [2.24, 2.45) is 0 Å². The Labute approximate surface area is 245 Å². The average Bonchev–Trinajstić information content (AvgIpc) is 3.78. The van der Waals surface area contributed by atoms with Crippen LogP contribution in [0.25, 0.3) is 22.2 Å². The van der Waals surface area contributed by atoms with Crippen LogP contribution in [0.4, 0.5) is 5.82 Å². The molecule has 4 heterocycles. The highest BCUT2D eigenvalue weighted by molar-refractivity contribution is 6.03. The summed E-state index contributed by atoms with van der Waals surface area (Å²) in [5.41, 5.74) is 11.6. The molecule has 2 fully saturated rings. The highest BCUT2D eigenvalue weighted by Gasteiger charge is 2.32. The van der Waals surface area contributed by atoms with E-state index in [-0.39, 0.29) is 11.9 Å². The number of nitrogens with zero attached hydrogens (tertiary/aromatic N) is 6. The van der Waals surface area contributed by atoms with Crippen molar-refractivity contribution in [1.82, 2.24) is 24.3 Å². The van der Waals surface area contributed by atoms with Crippen molar-refractivity contribution in [3.8, 4) is 17.2 Å². The standard InChI is InChI=1S/C33H35N7O2/c1-38(27-14-17-42-21-27)15-5-8-29(41)39-16-13-26(20-39)40-28(19-34)30(31-32(35)36-22-37-33(31)40)25-11-9-24(10-12-25)18-23-6-3-2-4-7-23/h2-12,22,26-27H,13-18,20-21H2,1H3,(H2,35,36,37)/b8-5+/t26-,27-/m1/s1. The summed E-state index contributed by atoms with van der Waals surface area (Å²) in [7, 11) is 2.06. The molecule has 0 aliphatic carbocycles. The number of amides is 1. The van der Waals surface area contributed by atoms with Crippen molar-refractivity contribution in [2.75, 3.05) is 45.6 Å². The van der Waals surface area contributed by atoms with Gasteiger partial charge in [0.25, 0.3) is 0 Å². The lowest BCUT2D eigenvalue weighted by molar-refractivity contribution is -0.125. The second-order valence-corrected chi connectivity index (χ2v) is 11.1. The lowest BCUT2D eigenvalue weighted by Crippen LogP contribution is -2.32. The summed E-state index contributed by atoms with van der Waals surface area (Å²) < 4.78 is 7.44. The van der Waals surface area contributed by atoms with Gasteiger partial charge in [0.2, 0.25) is 5.91 Å². The largest absolute Gasteiger partial charge is 0.383 e. The van der Waals surface area contributed by atoms with Crippen LogP contribution in [-0.2, 0) is 16.0 Å². The molecule has 6 rings (SSSR count). The maximum atomic E-state index is 13.1. The Morgan fingerprint density at radius 3 is 2.67 bits per heavy atom. The molecule has 1 amide bonds. The first-order valence-electron chi connectivity index (χ1n) is 14.4. The van der Waals surface area contributed by atoms with E-state index in [1.165, 1.54) is 17.5 Å². The summed E-state index contributed by atoms with van der Waals surface area (Å²) in [6, 6.07) is 21.3. The van der Waals surface area contributed by atoms with Crippen LogP contribution in [0.3, 0.4) is 0 Å². The van der Waals surface area contributed by atoms with Crippen LogP contribution in [0.5, 0.6) is 0 Å². The van der Waals surface area contributed by atoms with Gasteiger partial charge in [-0.2, -0.15) is 5.26 Å². The van der Waals surface area contributed by atoms with Gasteiger partial charge < -0.3 is 19.9 Å². The molecule has 4 aromatic rings. The summed E-state index contributed by atoms with van der Waals surface area (Å²) in [4.78, 5) is 26.0. The van der Waals surface area contributed by atoms with Gasteiger partial charge in [0.15, 0.2) is 0 Å². The molecule has 0 bridgehead atoms. The molecule has 2 N–H and O–H groups in total. The molecule has 2 atom stereocenters. The van der Waals surface area contributed by atoms with Crippen molar-refractivity contribution < 1.29 is 9.53 Å². The number of ether oxygens (including phenoxy) is 1. The number of likely N-dealkylation sites (tertiary alicyclic amines) is 1. The Balaban J connectivity index is 1.24. The van der Waals surface area contributed by atoms with Gasteiger partial charge in [-0.3, -0.25) is 9.69 Å². The highest BCUT2D eigenvalue weighted by Crippen LogP contribution is 2.40. The first-order valence-corrected chi connectivity index (χ1v) is 14.4. The molecule has 9 nitrogen and oxygen atoms in total. The number of anilines is 1. The molecular formula is C33H35N7O2. The second-order valence-electron chi connectivity index (χ2n) is 11.1. The summed E-state index contributed by atoms with van der Waals surface area (Å²) in [6.07, 6.45) is 7.59. The van der Waals surface area contributed by atoms with Crippen LogP contribution in [0.2, 0.25) is 0 Å². The van der Waals surface area contributed by atoms with Crippen molar-refractivity contribution >= 4 is 22.8 Å². The summed E-state index contributed by atoms with van der Waals surface area (Å²) in [5.74, 6) is 0.316. The normalized spacial score (nSPS) is 18.8. The number of hydrogen-bond donors (Lipinski definition) is 1. The molecule has 9 heteroatoms. The van der Waals surface area contributed by atoms with Crippen LogP contribution in [0, 0.1) is 11.3 Å². The second kappa shape index (κ2) is 12.1. The van der Waals surface area contributed by atoms with Crippen molar-refractivity contribution in [2.45, 2.75) is 31.3 Å². The minimum absolute atomic E-state index is 0.0214. The topological polar surface area (TPSA) is 113 Å². The molecule has 0 saturated carbocycles. The Hall–Kier alpha value is -4.52. The maximum Gasteiger partial charge on any atom is 0.246 e. The van der Waals surface area contributed by atoms with E-state index in [0.29, 0.717) is 48.2 Å². The minimum atomic E-state index is -0.0989. The van der Waals surface area contributed by atoms with Crippen molar-refractivity contribution in [3.63, 3.8) is 0 Å². The molecule has 0 spiro atoms. The number of nitrogens with two attached hydrogens (primary N) is 1. The van der Waals surface area contributed by atoms with Gasteiger partial charge >= 0.3 is 0 Å². The van der Waals surface area contributed by atoms with E-state index in [1.54, 1.807) is 6.08 Å². The number of aromatic nitrogens is 3. The Kier molecular flexibility index (Phi) is 8.00. The van der Waals surface area contributed by atoms with Crippen molar-refractivity contribution in [1.29, 1.82) is 5.26 Å². The number of carbonyl (C=O) groups excluding carboxylic acids is 1. The van der Waals surface area contributed by atoms with Gasteiger partial charge in [0.05, 0.1) is 18.0 Å². The van der Waals surface area contributed by atoms with Gasteiger partial charge in [-0.15, -0.1) is 0 Å². The lowest BCUT2D eigenvalue weighted by Gasteiger charge is -2.21. The quantitative estimate of drug-likeness (QED) is 0.321. The molecule has 0 unspecified atom stereocenters. The maximum absolute atomic E-state index is 13.1. The monoisotopic (exact) mass is 561 g/mol. The smallest absolute Gasteiger partial charge is 0.246 e. The zero-order valence-electron chi connectivity index (χ0n) is 23.8. The van der Waals surface area contributed by atoms with Crippen LogP contribution < -0.4 is 5.73 Å². The van der Waals surface area contributed by atoms with Crippen molar-refractivity contribution in [3.05, 3.63) is 89.9 Å². The molecule has 0 radical (unpaired) electrons. The third-order valence-corrected chi connectivity index (χ3v) is 8.44. The number of nitriles is 1. The van der Waals surface area contributed by atoms with Crippen LogP contribution in [0.15, 0.2) is 73.1 Å². The molecule has 2 aromatic carbocycles. The lowest BCUT2D eigenvalue weighted by atomic mass is 9.99. The predicted octanol–water partition coefficient (Wildman–Crippen LogP) is 4.19. The number of likely N-dealkylation sites (N-methyl/N-ethyl adjacent to an activating group) is 1. The number of rotatable bonds is 8. The van der Waals surface area contributed by atoms with Crippen LogP contribution in [0.1, 0.15) is 35.7 Å². The van der Waals surface area contributed by atoms with Crippen LogP contribution >= 0.6 is 0 Å². The van der Waals surface area contributed by atoms with E-state index < -0.39 is 0 Å². The minimum Gasteiger partial charge on any atom is -0.383 e. The summed E-state index contributed by atoms with van der Waals surface area (Å²) in [5, 5.41) is 11.1. The number of hydrogen-bond acceptors (Lipinski definition) is 7. The highest BCUT2D eigenvalue weighted by atomic mass is 16.5. The zero-order chi connectivity index (χ0) is 29.1. The molecule has 2 aliphatic heterocycles. The van der Waals surface area contributed by atoms with E-state index in [1.807, 2.05) is 45.9 Å². The molecule has 2 saturated heterocycles. The van der Waals surface area contributed by atoms with E-state index >= 15 is 0 Å². The van der Waals surface area contributed by atoms with E-state index in [9.17, 15) is 10.1 Å². The molecular weight excluding hydrogens is 526 g/mol. The Morgan fingerprint density at radius 1 is 1.14 bits per heavy atom. The van der Waals surface area contributed by atoms with Gasteiger partial charge in [-0.05, 0) is 43.0 Å². The Bertz CT molecular complexity index is 1630. The molecule has 214 valence electrons. The van der Waals surface area contributed by atoms with Crippen LogP contribution in [-0.4, -0.2) is 76.2 Å². The zero-order valence-corrected chi connectivity index (χ0v) is 23.8. The van der Waals surface area contributed by atoms with E-state index in [4.69, 9.17) is 10.5 Å². The average molecular weight is 562 g/mol. The fourth-order valence-electron chi connectivity index (χ4n) is 6.12. The first kappa shape index (κ1) is 27.6. The van der Waals surface area contributed by atoms with E-state index in [2.05, 4.69) is 52.3 Å². The number of nitrogen functional groups attached to an aromatic ring is 1. The van der Waals surface area contributed by atoms with Gasteiger partial charge in [0.1, 0.15) is 29.6 Å². The van der Waals surface area contributed by atoms with Gasteiger partial charge in [-0.25, -0.2) is 9.97 Å². The predicted molar refractivity (Wildman–Crippen MR) is 163 cm³/mol. The molecule has 2 aromatic heterocycles. The third kappa shape index (κ3) is 5.51. The van der Waals surface area contributed by atoms with E-state index in [0.717, 1.165) is 43.6 Å². The molecule has 2 aliphatic rings.